The first-order valence-electron chi connectivity index (χ1n) is 3.71. The molecule has 64 valence electrons. The Balaban J connectivity index is 2.73. The molecule has 0 spiro atoms. The molecule has 1 heterocycles. The first-order valence-corrected chi connectivity index (χ1v) is 5.36. The van der Waals surface area contributed by atoms with Crippen molar-refractivity contribution in [1.29, 1.82) is 0 Å². The van der Waals surface area contributed by atoms with Crippen molar-refractivity contribution in [3.05, 3.63) is 23.8 Å². The van der Waals surface area contributed by atoms with Crippen LogP contribution in [0.15, 0.2) is 23.1 Å². The lowest BCUT2D eigenvalue weighted by Crippen LogP contribution is -1.99. The lowest BCUT2D eigenvalue weighted by atomic mass is 10.2. The molecule has 0 unspecified atom stereocenters. The van der Waals surface area contributed by atoms with Gasteiger partial charge in [0.1, 0.15) is 0 Å². The lowest BCUT2D eigenvalue weighted by molar-refractivity contribution is 0.600. The zero-order valence-electron chi connectivity index (χ0n) is 6.45. The van der Waals surface area contributed by atoms with Gasteiger partial charge in [-0.05, 0) is 24.1 Å². The Labute approximate surface area is 71.1 Å². The SMILES string of the molecule is Nc1ccc2c(c1)S(=O)(=O)CC2. The number of benzene rings is 1. The van der Waals surface area contributed by atoms with Gasteiger partial charge in [-0.2, -0.15) is 0 Å². The van der Waals surface area contributed by atoms with E-state index >= 15 is 0 Å². The van der Waals surface area contributed by atoms with Crippen LogP contribution >= 0.6 is 0 Å². The minimum absolute atomic E-state index is 0.228. The summed E-state index contributed by atoms with van der Waals surface area (Å²) in [6, 6.07) is 5.06. The van der Waals surface area contributed by atoms with Crippen LogP contribution in [-0.2, 0) is 16.3 Å². The van der Waals surface area contributed by atoms with Crippen molar-refractivity contribution >= 4 is 15.5 Å². The molecule has 0 radical (unpaired) electrons. The van der Waals surface area contributed by atoms with E-state index in [2.05, 4.69) is 0 Å². The van der Waals surface area contributed by atoms with E-state index in [1.54, 1.807) is 12.1 Å². The van der Waals surface area contributed by atoms with Crippen molar-refractivity contribution in [2.45, 2.75) is 11.3 Å². The van der Waals surface area contributed by atoms with Crippen molar-refractivity contribution in [3.8, 4) is 0 Å². The van der Waals surface area contributed by atoms with Crippen molar-refractivity contribution in [2.75, 3.05) is 11.5 Å². The molecule has 0 aromatic heterocycles. The van der Waals surface area contributed by atoms with Gasteiger partial charge in [-0.15, -0.1) is 0 Å². The van der Waals surface area contributed by atoms with Crippen LogP contribution in [-0.4, -0.2) is 14.2 Å². The minimum Gasteiger partial charge on any atom is -0.399 e. The predicted molar refractivity (Wildman–Crippen MR) is 46.6 cm³/mol. The van der Waals surface area contributed by atoms with Crippen molar-refractivity contribution in [3.63, 3.8) is 0 Å². The quantitative estimate of drug-likeness (QED) is 0.599. The number of anilines is 1. The molecule has 3 nitrogen and oxygen atoms in total. The van der Waals surface area contributed by atoms with E-state index < -0.39 is 9.84 Å². The first kappa shape index (κ1) is 7.61. The average Bonchev–Trinajstić information content (AvgIpc) is 2.28. The summed E-state index contributed by atoms with van der Waals surface area (Å²) < 4.78 is 22.7. The molecule has 1 aromatic carbocycles. The summed E-state index contributed by atoms with van der Waals surface area (Å²) >= 11 is 0. The molecule has 0 aliphatic carbocycles. The van der Waals surface area contributed by atoms with Crippen molar-refractivity contribution in [1.82, 2.24) is 0 Å². The smallest absolute Gasteiger partial charge is 0.179 e. The van der Waals surface area contributed by atoms with Gasteiger partial charge in [-0.1, -0.05) is 6.07 Å². The van der Waals surface area contributed by atoms with Gasteiger partial charge in [-0.25, -0.2) is 8.42 Å². The van der Waals surface area contributed by atoms with Crippen LogP contribution in [0.2, 0.25) is 0 Å². The molecule has 0 saturated carbocycles. The average molecular weight is 183 g/mol. The second-order valence-corrected chi connectivity index (χ2v) is 5.01. The van der Waals surface area contributed by atoms with E-state index in [1.165, 1.54) is 6.07 Å². The molecule has 0 amide bonds. The number of nitrogens with two attached hydrogens (primary N) is 1. The minimum atomic E-state index is -3.01. The molecule has 12 heavy (non-hydrogen) atoms. The highest BCUT2D eigenvalue weighted by molar-refractivity contribution is 7.91. The fourth-order valence-corrected chi connectivity index (χ4v) is 3.02. The molecular weight excluding hydrogens is 174 g/mol. The third-order valence-corrected chi connectivity index (χ3v) is 3.86. The topological polar surface area (TPSA) is 60.2 Å². The lowest BCUT2D eigenvalue weighted by Gasteiger charge is -1.98. The third-order valence-electron chi connectivity index (χ3n) is 2.07. The van der Waals surface area contributed by atoms with Crippen LogP contribution < -0.4 is 5.73 Å². The molecule has 1 aromatic rings. The second kappa shape index (κ2) is 2.23. The van der Waals surface area contributed by atoms with Crippen LogP contribution in [0.5, 0.6) is 0 Å². The van der Waals surface area contributed by atoms with Crippen LogP contribution in [0.25, 0.3) is 0 Å². The Morgan fingerprint density at radius 3 is 2.83 bits per heavy atom. The van der Waals surface area contributed by atoms with Crippen LogP contribution in [0.4, 0.5) is 5.69 Å². The number of sulfone groups is 1. The molecule has 0 bridgehead atoms. The highest BCUT2D eigenvalue weighted by atomic mass is 32.2. The molecule has 2 rings (SSSR count). The molecule has 0 atom stereocenters. The zero-order chi connectivity index (χ0) is 8.77. The van der Waals surface area contributed by atoms with Gasteiger partial charge in [0.15, 0.2) is 9.84 Å². The number of hydrogen-bond acceptors (Lipinski definition) is 3. The van der Waals surface area contributed by atoms with E-state index in [4.69, 9.17) is 5.73 Å². The molecule has 1 aliphatic rings. The normalized spacial score (nSPS) is 19.0. The van der Waals surface area contributed by atoms with E-state index in [-0.39, 0.29) is 5.75 Å². The Hall–Kier alpha value is -1.03. The zero-order valence-corrected chi connectivity index (χ0v) is 7.26. The van der Waals surface area contributed by atoms with Crippen molar-refractivity contribution in [2.24, 2.45) is 0 Å². The van der Waals surface area contributed by atoms with Gasteiger partial charge >= 0.3 is 0 Å². The summed E-state index contributed by atoms with van der Waals surface area (Å²) in [5.41, 5.74) is 6.89. The largest absolute Gasteiger partial charge is 0.399 e. The monoisotopic (exact) mass is 183 g/mol. The fourth-order valence-electron chi connectivity index (χ4n) is 1.42. The summed E-state index contributed by atoms with van der Waals surface area (Å²) in [6.07, 6.45) is 0.623. The van der Waals surface area contributed by atoms with Crippen LogP contribution in [0, 0.1) is 0 Å². The maximum atomic E-state index is 11.3. The number of rotatable bonds is 0. The van der Waals surface area contributed by atoms with E-state index in [0.717, 1.165) is 5.56 Å². The number of fused-ring (bicyclic) bond motifs is 1. The standard InChI is InChI=1S/C8H9NO2S/c9-7-2-1-6-3-4-12(10,11)8(6)5-7/h1-2,5H,3-4,9H2. The van der Waals surface area contributed by atoms with Gasteiger partial charge in [0.25, 0.3) is 0 Å². The summed E-state index contributed by atoms with van der Waals surface area (Å²) in [7, 11) is -3.01. The number of nitrogen functional groups attached to an aromatic ring is 1. The molecule has 2 N–H and O–H groups in total. The van der Waals surface area contributed by atoms with E-state index in [9.17, 15) is 8.42 Å². The Morgan fingerprint density at radius 2 is 2.08 bits per heavy atom. The Kier molecular flexibility index (Phi) is 1.41. The van der Waals surface area contributed by atoms with Gasteiger partial charge in [0.2, 0.25) is 0 Å². The Bertz CT molecular complexity index is 423. The van der Waals surface area contributed by atoms with Gasteiger partial charge < -0.3 is 5.73 Å². The summed E-state index contributed by atoms with van der Waals surface area (Å²) in [5.74, 6) is 0.228. The summed E-state index contributed by atoms with van der Waals surface area (Å²) in [5, 5.41) is 0. The van der Waals surface area contributed by atoms with Crippen molar-refractivity contribution < 1.29 is 8.42 Å². The fraction of sp³-hybridized carbons (Fsp3) is 0.250. The third kappa shape index (κ3) is 0.992. The van der Waals surface area contributed by atoms with Crippen LogP contribution in [0.3, 0.4) is 0 Å². The number of hydrogen-bond donors (Lipinski definition) is 1. The van der Waals surface area contributed by atoms with Crippen LogP contribution in [0.1, 0.15) is 5.56 Å². The summed E-state index contributed by atoms with van der Waals surface area (Å²) in [4.78, 5) is 0.419. The molecule has 1 aliphatic heterocycles. The molecule has 0 saturated heterocycles. The Morgan fingerprint density at radius 1 is 1.33 bits per heavy atom. The van der Waals surface area contributed by atoms with E-state index in [0.29, 0.717) is 17.0 Å². The van der Waals surface area contributed by atoms with Gasteiger partial charge in [0.05, 0.1) is 10.6 Å². The molecular formula is C8H9NO2S. The molecule has 0 fully saturated rings. The maximum Gasteiger partial charge on any atom is 0.179 e. The highest BCUT2D eigenvalue weighted by Gasteiger charge is 2.25. The summed E-state index contributed by atoms with van der Waals surface area (Å²) in [6.45, 7) is 0. The van der Waals surface area contributed by atoms with Gasteiger partial charge in [0, 0.05) is 5.69 Å². The first-order chi connectivity index (χ1) is 5.59. The highest BCUT2D eigenvalue weighted by Crippen LogP contribution is 2.27. The number of aryl methyl sites for hydroxylation is 1. The molecule has 4 heteroatoms. The van der Waals surface area contributed by atoms with E-state index in [1.807, 2.05) is 0 Å². The van der Waals surface area contributed by atoms with Gasteiger partial charge in [-0.3, -0.25) is 0 Å². The second-order valence-electron chi connectivity index (χ2n) is 2.94. The maximum absolute atomic E-state index is 11.3. The predicted octanol–water partition coefficient (Wildman–Crippen LogP) is 0.599.